The van der Waals surface area contributed by atoms with Crippen LogP contribution < -0.4 is 19.5 Å². The number of carbonyl (C=O) groups is 1. The number of hydrogen-bond acceptors (Lipinski definition) is 4. The predicted octanol–water partition coefficient (Wildman–Crippen LogP) is 3.60. The minimum absolute atomic E-state index is 0.244. The van der Waals surface area contributed by atoms with Crippen LogP contribution >= 0.6 is 11.6 Å². The van der Waals surface area contributed by atoms with Gasteiger partial charge < -0.3 is 19.5 Å². The molecule has 0 saturated heterocycles. The van der Waals surface area contributed by atoms with Gasteiger partial charge >= 0.3 is 0 Å². The Bertz CT molecular complexity index is 724. The fourth-order valence-corrected chi connectivity index (χ4v) is 2.73. The van der Waals surface area contributed by atoms with Crippen LogP contribution in [0.2, 0.25) is 5.02 Å². The highest BCUT2D eigenvalue weighted by atomic mass is 35.5. The third-order valence-corrected chi connectivity index (χ3v) is 3.79. The van der Waals surface area contributed by atoms with Crippen LogP contribution in [-0.2, 0) is 6.54 Å². The van der Waals surface area contributed by atoms with Gasteiger partial charge in [-0.1, -0.05) is 11.6 Å². The molecule has 0 aliphatic rings. The van der Waals surface area contributed by atoms with Crippen molar-refractivity contribution in [2.75, 3.05) is 21.3 Å². The number of methoxy groups -OCH3 is 3. The van der Waals surface area contributed by atoms with Crippen molar-refractivity contribution in [1.29, 1.82) is 0 Å². The molecule has 0 radical (unpaired) electrons. The van der Waals surface area contributed by atoms with Crippen LogP contribution in [0.3, 0.4) is 0 Å². The standard InChI is InChI=1S/C18H20ClNO4/c1-11-5-14(19)6-13(17(11)24-4)10-20-18(21)12-7-15(22-2)9-16(8-12)23-3/h5-9H,10H2,1-4H3,(H,20,21). The Hall–Kier alpha value is -2.40. The summed E-state index contributed by atoms with van der Waals surface area (Å²) in [6.07, 6.45) is 0. The lowest BCUT2D eigenvalue weighted by Crippen LogP contribution is -2.23. The van der Waals surface area contributed by atoms with Crippen molar-refractivity contribution in [2.45, 2.75) is 13.5 Å². The summed E-state index contributed by atoms with van der Waals surface area (Å²) in [4.78, 5) is 12.4. The molecule has 0 fully saturated rings. The second-order valence-corrected chi connectivity index (χ2v) is 5.64. The molecule has 0 aliphatic heterocycles. The highest BCUT2D eigenvalue weighted by Gasteiger charge is 2.13. The van der Waals surface area contributed by atoms with Crippen molar-refractivity contribution in [1.82, 2.24) is 5.32 Å². The highest BCUT2D eigenvalue weighted by molar-refractivity contribution is 6.30. The molecule has 128 valence electrons. The van der Waals surface area contributed by atoms with Gasteiger partial charge in [0.1, 0.15) is 17.2 Å². The molecular formula is C18H20ClNO4. The minimum atomic E-state index is -0.244. The first kappa shape index (κ1) is 17.9. The first-order chi connectivity index (χ1) is 11.5. The number of halogens is 1. The maximum absolute atomic E-state index is 12.4. The van der Waals surface area contributed by atoms with Crippen molar-refractivity contribution in [3.05, 3.63) is 52.0 Å². The smallest absolute Gasteiger partial charge is 0.251 e. The lowest BCUT2D eigenvalue weighted by atomic mass is 10.1. The molecule has 5 nitrogen and oxygen atoms in total. The number of carbonyl (C=O) groups excluding carboxylic acids is 1. The van der Waals surface area contributed by atoms with Crippen LogP contribution in [0.5, 0.6) is 17.2 Å². The van der Waals surface area contributed by atoms with Gasteiger partial charge in [0.2, 0.25) is 0 Å². The number of benzene rings is 2. The summed E-state index contributed by atoms with van der Waals surface area (Å²) in [7, 11) is 4.67. The van der Waals surface area contributed by atoms with Crippen LogP contribution in [0.15, 0.2) is 30.3 Å². The lowest BCUT2D eigenvalue weighted by molar-refractivity contribution is 0.0950. The topological polar surface area (TPSA) is 56.8 Å². The molecule has 0 bridgehead atoms. The van der Waals surface area contributed by atoms with Gasteiger partial charge in [-0.3, -0.25) is 4.79 Å². The second-order valence-electron chi connectivity index (χ2n) is 5.20. The SMILES string of the molecule is COc1cc(OC)cc(C(=O)NCc2cc(Cl)cc(C)c2OC)c1. The first-order valence-corrected chi connectivity index (χ1v) is 7.70. The van der Waals surface area contributed by atoms with E-state index in [1.807, 2.05) is 13.0 Å². The quantitative estimate of drug-likeness (QED) is 0.865. The molecule has 1 amide bonds. The van der Waals surface area contributed by atoms with Crippen molar-refractivity contribution in [3.8, 4) is 17.2 Å². The molecule has 0 aliphatic carbocycles. The zero-order valence-corrected chi connectivity index (χ0v) is 14.9. The van der Waals surface area contributed by atoms with Crippen molar-refractivity contribution in [3.63, 3.8) is 0 Å². The van der Waals surface area contributed by atoms with Crippen LogP contribution in [0, 0.1) is 6.92 Å². The molecule has 0 spiro atoms. The number of rotatable bonds is 6. The summed E-state index contributed by atoms with van der Waals surface area (Å²) in [5, 5.41) is 3.46. The predicted molar refractivity (Wildman–Crippen MR) is 93.5 cm³/mol. The van der Waals surface area contributed by atoms with E-state index in [2.05, 4.69) is 5.32 Å². The van der Waals surface area contributed by atoms with Crippen molar-refractivity contribution >= 4 is 17.5 Å². The molecule has 0 unspecified atom stereocenters. The summed E-state index contributed by atoms with van der Waals surface area (Å²) in [5.74, 6) is 1.57. The number of hydrogen-bond donors (Lipinski definition) is 1. The Morgan fingerprint density at radius 3 is 2.17 bits per heavy atom. The Balaban J connectivity index is 2.20. The summed E-state index contributed by atoms with van der Waals surface area (Å²) in [5.41, 5.74) is 2.17. The maximum atomic E-state index is 12.4. The Morgan fingerprint density at radius 2 is 1.62 bits per heavy atom. The van der Waals surface area contributed by atoms with E-state index < -0.39 is 0 Å². The van der Waals surface area contributed by atoms with Crippen LogP contribution in [0.25, 0.3) is 0 Å². The second kappa shape index (κ2) is 7.93. The van der Waals surface area contributed by atoms with Gasteiger partial charge in [-0.25, -0.2) is 0 Å². The van der Waals surface area contributed by atoms with E-state index in [1.165, 1.54) is 14.2 Å². The summed E-state index contributed by atoms with van der Waals surface area (Å²) >= 11 is 6.09. The van der Waals surface area contributed by atoms with Crippen molar-refractivity contribution in [2.24, 2.45) is 0 Å². The number of nitrogens with one attached hydrogen (secondary N) is 1. The molecule has 0 aromatic heterocycles. The molecule has 6 heteroatoms. The van der Waals surface area contributed by atoms with Crippen LogP contribution in [0.1, 0.15) is 21.5 Å². The molecule has 24 heavy (non-hydrogen) atoms. The molecule has 2 aromatic carbocycles. The van der Waals surface area contributed by atoms with E-state index >= 15 is 0 Å². The largest absolute Gasteiger partial charge is 0.497 e. The van der Waals surface area contributed by atoms with Gasteiger partial charge in [0.05, 0.1) is 21.3 Å². The fraction of sp³-hybridized carbons (Fsp3) is 0.278. The molecule has 0 heterocycles. The summed E-state index contributed by atoms with van der Waals surface area (Å²) in [6.45, 7) is 2.20. The lowest BCUT2D eigenvalue weighted by Gasteiger charge is -2.13. The van der Waals surface area contributed by atoms with Gasteiger partial charge in [0.15, 0.2) is 0 Å². The molecule has 0 saturated carbocycles. The third kappa shape index (κ3) is 4.11. The first-order valence-electron chi connectivity index (χ1n) is 7.32. The van der Waals surface area contributed by atoms with Crippen LogP contribution in [0.4, 0.5) is 0 Å². The van der Waals surface area contributed by atoms with E-state index in [0.29, 0.717) is 34.4 Å². The molecule has 2 rings (SSSR count). The zero-order chi connectivity index (χ0) is 17.7. The van der Waals surface area contributed by atoms with Gasteiger partial charge in [-0.2, -0.15) is 0 Å². The van der Waals surface area contributed by atoms with E-state index in [9.17, 15) is 4.79 Å². The Morgan fingerprint density at radius 1 is 1.00 bits per heavy atom. The third-order valence-electron chi connectivity index (χ3n) is 3.57. The van der Waals surface area contributed by atoms with E-state index in [-0.39, 0.29) is 5.91 Å². The Kier molecular flexibility index (Phi) is 5.93. The fourth-order valence-electron chi connectivity index (χ4n) is 2.44. The average Bonchev–Trinajstić information content (AvgIpc) is 2.58. The van der Waals surface area contributed by atoms with Gasteiger partial charge in [0, 0.05) is 28.8 Å². The van der Waals surface area contributed by atoms with Crippen LogP contribution in [-0.4, -0.2) is 27.2 Å². The van der Waals surface area contributed by atoms with Crippen molar-refractivity contribution < 1.29 is 19.0 Å². The normalized spacial score (nSPS) is 10.2. The van der Waals surface area contributed by atoms with Gasteiger partial charge in [0.25, 0.3) is 5.91 Å². The monoisotopic (exact) mass is 349 g/mol. The zero-order valence-electron chi connectivity index (χ0n) is 14.1. The Labute approximate surface area is 146 Å². The average molecular weight is 350 g/mol. The van der Waals surface area contributed by atoms with Gasteiger partial charge in [-0.05, 0) is 36.8 Å². The van der Waals surface area contributed by atoms with Gasteiger partial charge in [-0.15, -0.1) is 0 Å². The number of amides is 1. The summed E-state index contributed by atoms with van der Waals surface area (Å²) in [6, 6.07) is 8.61. The molecule has 1 N–H and O–H groups in total. The summed E-state index contributed by atoms with van der Waals surface area (Å²) < 4.78 is 15.8. The maximum Gasteiger partial charge on any atom is 0.251 e. The molecule has 2 aromatic rings. The molecular weight excluding hydrogens is 330 g/mol. The van der Waals surface area contributed by atoms with E-state index in [1.54, 1.807) is 31.4 Å². The number of aryl methyl sites for hydroxylation is 1. The van der Waals surface area contributed by atoms with E-state index in [4.69, 9.17) is 25.8 Å². The van der Waals surface area contributed by atoms with E-state index in [0.717, 1.165) is 11.1 Å². The molecule has 0 atom stereocenters. The number of ether oxygens (including phenoxy) is 3. The minimum Gasteiger partial charge on any atom is -0.497 e. The highest BCUT2D eigenvalue weighted by Crippen LogP contribution is 2.28.